The van der Waals surface area contributed by atoms with E-state index in [1.807, 2.05) is 24.3 Å². The van der Waals surface area contributed by atoms with Gasteiger partial charge in [0.05, 0.1) is 27.2 Å². The van der Waals surface area contributed by atoms with Crippen LogP contribution >= 0.6 is 35.0 Å². The fourth-order valence-corrected chi connectivity index (χ4v) is 7.35. The van der Waals surface area contributed by atoms with Crippen LogP contribution in [0.3, 0.4) is 0 Å². The van der Waals surface area contributed by atoms with Gasteiger partial charge in [-0.1, -0.05) is 48.0 Å². The number of carboxylic acids is 1. The molecule has 5 rings (SSSR count). The van der Waals surface area contributed by atoms with Gasteiger partial charge in [0, 0.05) is 27.9 Å². The van der Waals surface area contributed by atoms with Crippen LogP contribution in [0.25, 0.3) is 0 Å². The summed E-state index contributed by atoms with van der Waals surface area (Å²) in [6.45, 7) is 0. The highest BCUT2D eigenvalue weighted by Gasteiger charge is 2.50. The predicted molar refractivity (Wildman–Crippen MR) is 132 cm³/mol. The Morgan fingerprint density at radius 2 is 1.79 bits per heavy atom. The highest BCUT2D eigenvalue weighted by molar-refractivity contribution is 8.00. The monoisotopic (exact) mass is 513 g/mol. The summed E-state index contributed by atoms with van der Waals surface area (Å²) >= 11 is 15.0. The molecule has 1 aliphatic heterocycles. The van der Waals surface area contributed by atoms with Gasteiger partial charge in [-0.15, -0.1) is 23.4 Å². The number of hydrogen-bond donors (Lipinski definition) is 1. The number of carbonyl (C=O) groups excluding carboxylic acids is 1. The maximum Gasteiger partial charge on any atom is 0.282 e. The fraction of sp³-hybridized carbons (Fsp3) is 0.240. The Morgan fingerprint density at radius 1 is 1.06 bits per heavy atom. The molecule has 0 unspecified atom stereocenters. The number of alkyl halides is 1. The Bertz CT molecular complexity index is 1290. The molecule has 9 heteroatoms. The van der Waals surface area contributed by atoms with E-state index in [0.29, 0.717) is 16.3 Å². The third-order valence-electron chi connectivity index (χ3n) is 6.63. The van der Waals surface area contributed by atoms with E-state index in [1.165, 1.54) is 23.9 Å². The fourth-order valence-electron chi connectivity index (χ4n) is 5.15. The van der Waals surface area contributed by atoms with Gasteiger partial charge in [-0.05, 0) is 53.3 Å². The number of hydrogen-bond acceptors (Lipinski definition) is 6. The third kappa shape index (κ3) is 4.02. The Balaban J connectivity index is 1.57. The van der Waals surface area contributed by atoms with Gasteiger partial charge in [0.25, 0.3) is 5.69 Å². The molecular weight excluding hydrogens is 495 g/mol. The molecule has 34 heavy (non-hydrogen) atoms. The first kappa shape index (κ1) is 23.0. The summed E-state index contributed by atoms with van der Waals surface area (Å²) < 4.78 is 0. The van der Waals surface area contributed by atoms with Crippen molar-refractivity contribution in [2.24, 2.45) is 5.92 Å². The molecular formula is C25H19Cl2N2O4S-. The zero-order valence-electron chi connectivity index (χ0n) is 17.7. The molecule has 0 spiro atoms. The molecule has 1 N–H and O–H groups in total. The van der Waals surface area contributed by atoms with E-state index in [-0.39, 0.29) is 44.7 Å². The lowest BCUT2D eigenvalue weighted by molar-refractivity contribution is -0.387. The number of anilines is 1. The number of aromatic carboxylic acids is 1. The molecule has 0 amide bonds. The second-order valence-electron chi connectivity index (χ2n) is 8.48. The maximum absolute atomic E-state index is 11.5. The van der Waals surface area contributed by atoms with Crippen molar-refractivity contribution >= 4 is 52.3 Å². The predicted octanol–water partition coefficient (Wildman–Crippen LogP) is 5.65. The summed E-state index contributed by atoms with van der Waals surface area (Å²) in [5.74, 6) is -1.41. The number of nitrogens with zero attached hydrogens (tertiary/aromatic N) is 1. The van der Waals surface area contributed by atoms with Gasteiger partial charge in [-0.2, -0.15) is 0 Å². The molecule has 0 radical (unpaired) electrons. The molecule has 0 aromatic heterocycles. The van der Waals surface area contributed by atoms with Crippen molar-refractivity contribution in [3.63, 3.8) is 0 Å². The van der Waals surface area contributed by atoms with Crippen molar-refractivity contribution in [3.05, 3.63) is 98.6 Å². The van der Waals surface area contributed by atoms with Crippen molar-refractivity contribution in [1.29, 1.82) is 0 Å². The molecule has 5 atom stereocenters. The number of carbonyl (C=O) groups is 1. The van der Waals surface area contributed by atoms with Crippen LogP contribution in [0, 0.1) is 16.0 Å². The van der Waals surface area contributed by atoms with Crippen LogP contribution in [-0.4, -0.2) is 21.5 Å². The topological polar surface area (TPSA) is 95.3 Å². The third-order valence-corrected chi connectivity index (χ3v) is 9.09. The number of benzene rings is 3. The van der Waals surface area contributed by atoms with Gasteiger partial charge in [-0.3, -0.25) is 10.1 Å². The number of carboxylic acid groups (broad SMARTS) is 1. The highest BCUT2D eigenvalue weighted by Crippen LogP contribution is 2.58. The van der Waals surface area contributed by atoms with Crippen molar-refractivity contribution in [2.45, 2.75) is 33.9 Å². The Kier molecular flexibility index (Phi) is 6.18. The smallest absolute Gasteiger partial charge is 0.282 e. The van der Waals surface area contributed by atoms with Crippen molar-refractivity contribution in [2.75, 3.05) is 5.32 Å². The van der Waals surface area contributed by atoms with Crippen molar-refractivity contribution in [3.8, 4) is 0 Å². The number of rotatable bonds is 5. The standard InChI is InChI=1S/C25H20Cl2N2O4S/c26-17-6-2-1-5-14(17)24-16-12-21(34-20-8-4-3-7-19(20)29(32)33)23(27)22(16)15-11-13(25(30)31)9-10-18(15)28-24/h1-11,16,21-24,28H,12H2,(H,30,31)/p-1/t16-,21+,22-,23+,24+/m1/s1. The average molecular weight is 514 g/mol. The Hall–Kier alpha value is -2.74. The minimum Gasteiger partial charge on any atom is -0.545 e. The van der Waals surface area contributed by atoms with Crippen LogP contribution in [0.4, 0.5) is 11.4 Å². The minimum atomic E-state index is -1.25. The van der Waals surface area contributed by atoms with Crippen LogP contribution in [-0.2, 0) is 0 Å². The van der Waals surface area contributed by atoms with E-state index in [0.717, 1.165) is 16.8 Å². The van der Waals surface area contributed by atoms with Gasteiger partial charge < -0.3 is 15.2 Å². The first-order chi connectivity index (χ1) is 16.3. The lowest BCUT2D eigenvalue weighted by atomic mass is 9.77. The quantitative estimate of drug-likeness (QED) is 0.269. The van der Waals surface area contributed by atoms with E-state index in [2.05, 4.69) is 5.32 Å². The molecule has 6 nitrogen and oxygen atoms in total. The second-order valence-corrected chi connectivity index (χ2v) is 10.7. The Morgan fingerprint density at radius 3 is 2.53 bits per heavy atom. The van der Waals surface area contributed by atoms with Gasteiger partial charge in [0.15, 0.2) is 0 Å². The van der Waals surface area contributed by atoms with Crippen molar-refractivity contribution < 1.29 is 14.8 Å². The molecule has 174 valence electrons. The molecule has 1 aliphatic carbocycles. The summed E-state index contributed by atoms with van der Waals surface area (Å²) in [7, 11) is 0. The number of fused-ring (bicyclic) bond motifs is 3. The number of nitrogens with one attached hydrogen (secondary N) is 1. The molecule has 1 heterocycles. The molecule has 3 aromatic rings. The van der Waals surface area contributed by atoms with Crippen LogP contribution in [0.2, 0.25) is 5.02 Å². The summed E-state index contributed by atoms with van der Waals surface area (Å²) in [6, 6.07) is 19.0. The highest BCUT2D eigenvalue weighted by atomic mass is 35.5. The van der Waals surface area contributed by atoms with Gasteiger partial charge in [0.2, 0.25) is 0 Å². The van der Waals surface area contributed by atoms with E-state index in [1.54, 1.807) is 30.3 Å². The molecule has 0 saturated heterocycles. The number of para-hydroxylation sites is 1. The first-order valence-electron chi connectivity index (χ1n) is 10.8. The average Bonchev–Trinajstić information content (AvgIpc) is 3.15. The number of thioether (sulfide) groups is 1. The summed E-state index contributed by atoms with van der Waals surface area (Å²) in [5, 5.41) is 26.8. The first-order valence-corrected chi connectivity index (χ1v) is 12.4. The molecule has 1 saturated carbocycles. The summed E-state index contributed by atoms with van der Waals surface area (Å²) in [5.41, 5.74) is 2.70. The number of nitro benzene ring substituents is 1. The van der Waals surface area contributed by atoms with E-state index >= 15 is 0 Å². The van der Waals surface area contributed by atoms with Crippen LogP contribution in [0.15, 0.2) is 71.6 Å². The van der Waals surface area contributed by atoms with Crippen LogP contribution < -0.4 is 10.4 Å². The lowest BCUT2D eigenvalue weighted by Crippen LogP contribution is -2.32. The normalized spacial score (nSPS) is 25.2. The zero-order valence-corrected chi connectivity index (χ0v) is 20.0. The number of halogens is 2. The molecule has 0 bridgehead atoms. The lowest BCUT2D eigenvalue weighted by Gasteiger charge is -2.39. The van der Waals surface area contributed by atoms with Crippen molar-refractivity contribution in [1.82, 2.24) is 0 Å². The second kappa shape index (κ2) is 9.13. The maximum atomic E-state index is 11.5. The van der Waals surface area contributed by atoms with E-state index < -0.39 is 5.97 Å². The zero-order chi connectivity index (χ0) is 24.0. The molecule has 1 fully saturated rings. The van der Waals surface area contributed by atoms with Gasteiger partial charge in [-0.25, -0.2) is 0 Å². The SMILES string of the molecule is O=C([O-])c1ccc2c(c1)[C@H]1[C@@H](Cl)[C@@H](Sc3ccccc3[N+](=O)[O-])C[C@H]1[C@H](c1ccccc1Cl)N2. The van der Waals surface area contributed by atoms with Gasteiger partial charge >= 0.3 is 0 Å². The largest absolute Gasteiger partial charge is 0.545 e. The molecule has 2 aliphatic rings. The van der Waals surface area contributed by atoms with Gasteiger partial charge in [0.1, 0.15) is 0 Å². The molecule has 3 aromatic carbocycles. The minimum absolute atomic E-state index is 0.00664. The van der Waals surface area contributed by atoms with E-state index in [4.69, 9.17) is 23.2 Å². The summed E-state index contributed by atoms with van der Waals surface area (Å²) in [4.78, 5) is 23.3. The van der Waals surface area contributed by atoms with Crippen LogP contribution in [0.5, 0.6) is 0 Å². The summed E-state index contributed by atoms with van der Waals surface area (Å²) in [6.07, 6.45) is 0.674. The number of nitro groups is 1. The van der Waals surface area contributed by atoms with Crippen LogP contribution in [0.1, 0.15) is 39.9 Å². The Labute approximate surface area is 210 Å². The van der Waals surface area contributed by atoms with E-state index in [9.17, 15) is 20.0 Å².